The van der Waals surface area contributed by atoms with Gasteiger partial charge in [0.25, 0.3) is 0 Å². The second kappa shape index (κ2) is 10.4. The van der Waals surface area contributed by atoms with Crippen molar-refractivity contribution in [3.05, 3.63) is 72.5 Å². The van der Waals surface area contributed by atoms with Crippen LogP contribution in [0.3, 0.4) is 0 Å². The highest BCUT2D eigenvalue weighted by molar-refractivity contribution is 5.64. The number of hydrogen-bond donors (Lipinski definition) is 0. The summed E-state index contributed by atoms with van der Waals surface area (Å²) < 4.78 is 22.7. The Morgan fingerprint density at radius 1 is 0.972 bits per heavy atom. The number of benzene rings is 2. The lowest BCUT2D eigenvalue weighted by atomic mass is 10.1. The number of para-hydroxylation sites is 1. The molecule has 0 radical (unpaired) electrons. The highest BCUT2D eigenvalue weighted by Gasteiger charge is 2.21. The molecule has 0 amide bonds. The van der Waals surface area contributed by atoms with Crippen molar-refractivity contribution in [3.63, 3.8) is 0 Å². The first kappa shape index (κ1) is 23.8. The number of anilines is 2. The zero-order valence-electron chi connectivity index (χ0n) is 20.9. The molecular weight excluding hydrogens is 455 g/mol. The van der Waals surface area contributed by atoms with Crippen LogP contribution < -0.4 is 14.5 Å². The molecular formula is C28H31FN6O. The van der Waals surface area contributed by atoms with E-state index in [0.29, 0.717) is 35.2 Å². The van der Waals surface area contributed by atoms with Crippen LogP contribution in [0.25, 0.3) is 22.9 Å². The van der Waals surface area contributed by atoms with Crippen LogP contribution in [0.4, 0.5) is 15.9 Å². The Morgan fingerprint density at radius 3 is 2.47 bits per heavy atom. The van der Waals surface area contributed by atoms with E-state index in [2.05, 4.69) is 4.90 Å². The lowest BCUT2D eigenvalue weighted by molar-refractivity contribution is 0.252. The second-order valence-corrected chi connectivity index (χ2v) is 9.31. The van der Waals surface area contributed by atoms with Crippen LogP contribution in [0.2, 0.25) is 0 Å². The molecule has 0 spiro atoms. The van der Waals surface area contributed by atoms with Gasteiger partial charge in [-0.3, -0.25) is 0 Å². The number of rotatable bonds is 8. The predicted molar refractivity (Wildman–Crippen MR) is 141 cm³/mol. The van der Waals surface area contributed by atoms with E-state index in [1.807, 2.05) is 80.3 Å². The van der Waals surface area contributed by atoms with Crippen molar-refractivity contribution in [1.82, 2.24) is 19.7 Å². The fraction of sp³-hybridized carbons (Fsp3) is 0.321. The van der Waals surface area contributed by atoms with Crippen molar-refractivity contribution >= 4 is 11.5 Å². The maximum Gasteiger partial charge on any atom is 0.200 e. The van der Waals surface area contributed by atoms with Crippen molar-refractivity contribution in [1.29, 1.82) is 0 Å². The monoisotopic (exact) mass is 486 g/mol. The quantitative estimate of drug-likeness (QED) is 0.330. The van der Waals surface area contributed by atoms with Gasteiger partial charge in [0.15, 0.2) is 11.6 Å². The van der Waals surface area contributed by atoms with E-state index < -0.39 is 0 Å². The number of hydrogen-bond acceptors (Lipinski definition) is 6. The van der Waals surface area contributed by atoms with Crippen LogP contribution >= 0.6 is 0 Å². The first-order chi connectivity index (χ1) is 17.5. The molecule has 1 aliphatic rings. The molecule has 2 aromatic heterocycles. The molecule has 0 saturated carbocycles. The van der Waals surface area contributed by atoms with E-state index in [1.165, 1.54) is 18.9 Å². The van der Waals surface area contributed by atoms with Crippen molar-refractivity contribution in [2.45, 2.75) is 25.8 Å². The predicted octanol–water partition coefficient (Wildman–Crippen LogP) is 5.45. The fourth-order valence-electron chi connectivity index (χ4n) is 4.42. The zero-order valence-corrected chi connectivity index (χ0v) is 20.9. The molecule has 1 atom stereocenters. The van der Waals surface area contributed by atoms with Crippen molar-refractivity contribution in [3.8, 4) is 28.7 Å². The Hall–Kier alpha value is -3.94. The highest BCUT2D eigenvalue weighted by Crippen LogP contribution is 2.29. The Balaban J connectivity index is 1.51. The van der Waals surface area contributed by atoms with Crippen LogP contribution in [-0.4, -0.2) is 53.5 Å². The average molecular weight is 487 g/mol. The van der Waals surface area contributed by atoms with Crippen molar-refractivity contribution < 1.29 is 9.13 Å². The van der Waals surface area contributed by atoms with E-state index >= 15 is 0 Å². The maximum absolute atomic E-state index is 14.9. The molecule has 5 rings (SSSR count). The normalized spacial score (nSPS) is 14.2. The third kappa shape index (κ3) is 5.03. The summed E-state index contributed by atoms with van der Waals surface area (Å²) in [5, 5.41) is 4.84. The van der Waals surface area contributed by atoms with Gasteiger partial charge in [0.05, 0.1) is 11.7 Å². The number of aromatic nitrogens is 4. The van der Waals surface area contributed by atoms with Gasteiger partial charge in [-0.15, -0.1) is 5.10 Å². The van der Waals surface area contributed by atoms with Gasteiger partial charge in [0.1, 0.15) is 29.7 Å². The zero-order chi connectivity index (χ0) is 25.1. The number of ether oxygens (including phenoxy) is 1. The lowest BCUT2D eigenvalue weighted by Gasteiger charge is -2.17. The largest absolute Gasteiger partial charge is 0.491 e. The third-order valence-corrected chi connectivity index (χ3v) is 6.36. The second-order valence-electron chi connectivity index (χ2n) is 9.31. The van der Waals surface area contributed by atoms with Gasteiger partial charge in [-0.2, -0.15) is 0 Å². The summed E-state index contributed by atoms with van der Waals surface area (Å²) in [5.74, 6) is 2.50. The Morgan fingerprint density at radius 2 is 1.75 bits per heavy atom. The van der Waals surface area contributed by atoms with Crippen molar-refractivity contribution in [2.24, 2.45) is 0 Å². The summed E-state index contributed by atoms with van der Waals surface area (Å²) in [4.78, 5) is 13.7. The Bertz CT molecular complexity index is 1320. The van der Waals surface area contributed by atoms with Crippen LogP contribution in [-0.2, 0) is 0 Å². The highest BCUT2D eigenvalue weighted by atomic mass is 19.1. The number of nitrogens with zero attached hydrogens (tertiary/aromatic N) is 6. The standard InChI is InChI=1S/C28H31FN6O/c1-20(19-36-22-10-5-4-6-11-22)35-28(21-14-15-25(33(2)3)23(29)18-21)31-27(32-35)24-12-9-13-26(30-24)34-16-7-8-17-34/h4-6,9-15,18,20H,7-8,16-17,19H2,1-3H3. The minimum Gasteiger partial charge on any atom is -0.491 e. The SMILES string of the molecule is CC(COc1ccccc1)n1nc(-c2cccc(N3CCCC3)n2)nc1-c1ccc(N(C)C)c(F)c1. The molecule has 7 nitrogen and oxygen atoms in total. The molecule has 186 valence electrons. The molecule has 8 heteroatoms. The summed E-state index contributed by atoms with van der Waals surface area (Å²) in [6, 6.07) is 20.6. The van der Waals surface area contributed by atoms with Gasteiger partial charge in [-0.05, 0) is 62.2 Å². The van der Waals surface area contributed by atoms with Gasteiger partial charge in [-0.1, -0.05) is 24.3 Å². The van der Waals surface area contributed by atoms with E-state index in [4.69, 9.17) is 19.8 Å². The fourth-order valence-corrected chi connectivity index (χ4v) is 4.42. The third-order valence-electron chi connectivity index (χ3n) is 6.36. The molecule has 1 unspecified atom stereocenters. The molecule has 0 bridgehead atoms. The first-order valence-corrected chi connectivity index (χ1v) is 12.3. The summed E-state index contributed by atoms with van der Waals surface area (Å²) >= 11 is 0. The molecule has 0 aliphatic carbocycles. The van der Waals surface area contributed by atoms with Gasteiger partial charge in [0, 0.05) is 32.7 Å². The Labute approximate surface area is 211 Å². The summed E-state index contributed by atoms with van der Waals surface area (Å²) in [7, 11) is 3.64. The van der Waals surface area contributed by atoms with Crippen molar-refractivity contribution in [2.75, 3.05) is 43.6 Å². The smallest absolute Gasteiger partial charge is 0.200 e. The Kier molecular flexibility index (Phi) is 6.84. The number of halogens is 1. The molecule has 2 aromatic carbocycles. The minimum atomic E-state index is -0.309. The molecule has 3 heterocycles. The number of pyridine rings is 1. The maximum atomic E-state index is 14.9. The van der Waals surface area contributed by atoms with Crippen LogP contribution in [0.15, 0.2) is 66.7 Å². The molecule has 1 aliphatic heterocycles. The topological polar surface area (TPSA) is 59.3 Å². The van der Waals surface area contributed by atoms with Gasteiger partial charge in [-0.25, -0.2) is 19.0 Å². The van der Waals surface area contributed by atoms with E-state index in [1.54, 1.807) is 11.0 Å². The molecule has 1 saturated heterocycles. The van der Waals surface area contributed by atoms with E-state index in [9.17, 15) is 4.39 Å². The minimum absolute atomic E-state index is 0.153. The summed E-state index contributed by atoms with van der Waals surface area (Å²) in [6.07, 6.45) is 2.35. The summed E-state index contributed by atoms with van der Waals surface area (Å²) in [6.45, 7) is 4.42. The average Bonchev–Trinajstić information content (AvgIpc) is 3.59. The van der Waals surface area contributed by atoms with E-state index in [-0.39, 0.29) is 11.9 Å². The van der Waals surface area contributed by atoms with Gasteiger partial charge in [0.2, 0.25) is 0 Å². The molecule has 0 N–H and O–H groups in total. The van der Waals surface area contributed by atoms with Crippen LogP contribution in [0.1, 0.15) is 25.8 Å². The molecule has 36 heavy (non-hydrogen) atoms. The van der Waals surface area contributed by atoms with Gasteiger partial charge >= 0.3 is 0 Å². The first-order valence-electron chi connectivity index (χ1n) is 12.3. The lowest BCUT2D eigenvalue weighted by Crippen LogP contribution is -2.19. The van der Waals surface area contributed by atoms with Crippen LogP contribution in [0.5, 0.6) is 5.75 Å². The molecule has 4 aromatic rings. The van der Waals surface area contributed by atoms with E-state index in [0.717, 1.165) is 24.7 Å². The summed E-state index contributed by atoms with van der Waals surface area (Å²) in [5.41, 5.74) is 1.87. The molecule has 1 fully saturated rings. The van der Waals surface area contributed by atoms with Crippen LogP contribution in [0, 0.1) is 5.82 Å². The van der Waals surface area contributed by atoms with Gasteiger partial charge < -0.3 is 14.5 Å².